The maximum absolute atomic E-state index is 14.1. The average molecular weight is 275 g/mol. The van der Waals surface area contributed by atoms with E-state index in [0.717, 1.165) is 28.9 Å². The van der Waals surface area contributed by atoms with Crippen LogP contribution in [0.1, 0.15) is 34.1 Å². The maximum Gasteiger partial charge on any atom is 0.128 e. The summed E-state index contributed by atoms with van der Waals surface area (Å²) in [5.74, 6) is -0.158. The summed E-state index contributed by atoms with van der Waals surface area (Å²) in [4.78, 5) is 0. The monoisotopic (exact) mass is 275 g/mol. The fraction of sp³-hybridized carbons (Fsp3) is 0.438. The number of nitrogens with one attached hydrogen (secondary N) is 1. The van der Waals surface area contributed by atoms with Crippen molar-refractivity contribution in [2.24, 2.45) is 7.05 Å². The first-order chi connectivity index (χ1) is 9.43. The van der Waals surface area contributed by atoms with Crippen molar-refractivity contribution in [3.63, 3.8) is 0 Å². The Morgan fingerprint density at radius 2 is 2.00 bits per heavy atom. The molecule has 1 unspecified atom stereocenters. The fourth-order valence-electron chi connectivity index (χ4n) is 2.61. The van der Waals surface area contributed by atoms with Gasteiger partial charge in [0, 0.05) is 24.3 Å². The van der Waals surface area contributed by atoms with Crippen molar-refractivity contribution in [3.05, 3.63) is 52.1 Å². The number of benzene rings is 1. The molecular formula is C16H22FN3. The predicted molar refractivity (Wildman–Crippen MR) is 79.3 cm³/mol. The van der Waals surface area contributed by atoms with E-state index in [2.05, 4.69) is 17.3 Å². The first-order valence-corrected chi connectivity index (χ1v) is 6.86. The van der Waals surface area contributed by atoms with Crippen LogP contribution in [-0.4, -0.2) is 16.8 Å². The molecule has 0 saturated carbocycles. The Balaban J connectivity index is 2.36. The lowest BCUT2D eigenvalue weighted by molar-refractivity contribution is 0.532. The van der Waals surface area contributed by atoms with E-state index in [1.807, 2.05) is 38.7 Å². The third kappa shape index (κ3) is 2.75. The summed E-state index contributed by atoms with van der Waals surface area (Å²) in [6.07, 6.45) is 0.738. The molecule has 0 saturated heterocycles. The van der Waals surface area contributed by atoms with Gasteiger partial charge >= 0.3 is 0 Å². The molecule has 3 nitrogen and oxygen atoms in total. The lowest BCUT2D eigenvalue weighted by atomic mass is 9.96. The molecule has 0 spiro atoms. The van der Waals surface area contributed by atoms with Gasteiger partial charge in [0.25, 0.3) is 0 Å². The molecule has 0 aliphatic carbocycles. The van der Waals surface area contributed by atoms with Crippen molar-refractivity contribution >= 4 is 0 Å². The molecule has 0 radical (unpaired) electrons. The molecule has 20 heavy (non-hydrogen) atoms. The van der Waals surface area contributed by atoms with Gasteiger partial charge in [-0.3, -0.25) is 4.68 Å². The first kappa shape index (κ1) is 14.7. The van der Waals surface area contributed by atoms with E-state index >= 15 is 0 Å². The van der Waals surface area contributed by atoms with Crippen LogP contribution < -0.4 is 5.32 Å². The molecule has 4 heteroatoms. The standard InChI is InChI=1S/C16H22FN3/c1-10-6-7-15(17)14(8-10)16(18-4)9-13-11(2)19-20(5)12(13)3/h6-8,16,18H,9H2,1-5H3. The Morgan fingerprint density at radius 1 is 1.30 bits per heavy atom. The molecule has 0 bridgehead atoms. The van der Waals surface area contributed by atoms with Crippen molar-refractivity contribution in [2.75, 3.05) is 7.05 Å². The predicted octanol–water partition coefficient (Wildman–Crippen LogP) is 2.99. The van der Waals surface area contributed by atoms with Crippen LogP contribution in [0.25, 0.3) is 0 Å². The normalized spacial score (nSPS) is 12.7. The molecule has 2 rings (SSSR count). The third-order valence-electron chi connectivity index (χ3n) is 3.94. The van der Waals surface area contributed by atoms with Crippen LogP contribution in [0.15, 0.2) is 18.2 Å². The van der Waals surface area contributed by atoms with Gasteiger partial charge in [0.2, 0.25) is 0 Å². The Morgan fingerprint density at radius 3 is 2.55 bits per heavy atom. The summed E-state index contributed by atoms with van der Waals surface area (Å²) < 4.78 is 15.9. The van der Waals surface area contributed by atoms with Gasteiger partial charge in [0.15, 0.2) is 0 Å². The van der Waals surface area contributed by atoms with Gasteiger partial charge in [-0.15, -0.1) is 0 Å². The summed E-state index contributed by atoms with van der Waals surface area (Å²) >= 11 is 0. The Bertz CT molecular complexity index is 616. The largest absolute Gasteiger partial charge is 0.313 e. The second kappa shape index (κ2) is 5.75. The number of hydrogen-bond donors (Lipinski definition) is 1. The zero-order chi connectivity index (χ0) is 14.9. The molecule has 1 atom stereocenters. The Hall–Kier alpha value is -1.68. The van der Waals surface area contributed by atoms with E-state index < -0.39 is 0 Å². The van der Waals surface area contributed by atoms with Crippen LogP contribution in [0.4, 0.5) is 4.39 Å². The second-order valence-electron chi connectivity index (χ2n) is 5.34. The van der Waals surface area contributed by atoms with Gasteiger partial charge in [-0.2, -0.15) is 5.10 Å². The van der Waals surface area contributed by atoms with Crippen LogP contribution >= 0.6 is 0 Å². The average Bonchev–Trinajstić information content (AvgIpc) is 2.65. The zero-order valence-electron chi connectivity index (χ0n) is 12.8. The third-order valence-corrected chi connectivity index (χ3v) is 3.94. The van der Waals surface area contributed by atoms with Crippen molar-refractivity contribution in [2.45, 2.75) is 33.2 Å². The van der Waals surface area contributed by atoms with Crippen molar-refractivity contribution in [1.29, 1.82) is 0 Å². The molecule has 2 aromatic rings. The molecule has 0 aliphatic heterocycles. The summed E-state index contributed by atoms with van der Waals surface area (Å²) in [5.41, 5.74) is 5.12. The highest BCUT2D eigenvalue weighted by Crippen LogP contribution is 2.25. The van der Waals surface area contributed by atoms with E-state index in [0.29, 0.717) is 0 Å². The summed E-state index contributed by atoms with van der Waals surface area (Å²) in [7, 11) is 3.81. The number of likely N-dealkylation sites (N-methyl/N-ethyl adjacent to an activating group) is 1. The number of rotatable bonds is 4. The minimum absolute atomic E-state index is 0.0449. The van der Waals surface area contributed by atoms with Crippen molar-refractivity contribution in [1.82, 2.24) is 15.1 Å². The molecule has 1 aromatic heterocycles. The number of nitrogens with zero attached hydrogens (tertiary/aromatic N) is 2. The van der Waals surface area contributed by atoms with Gasteiger partial charge in [0.1, 0.15) is 5.82 Å². The van der Waals surface area contributed by atoms with Crippen LogP contribution in [0.2, 0.25) is 0 Å². The summed E-state index contributed by atoms with van der Waals surface area (Å²) in [6, 6.07) is 5.21. The summed E-state index contributed by atoms with van der Waals surface area (Å²) in [5, 5.41) is 7.65. The van der Waals surface area contributed by atoms with Crippen LogP contribution in [0.5, 0.6) is 0 Å². The van der Waals surface area contributed by atoms with Gasteiger partial charge < -0.3 is 5.32 Å². The molecular weight excluding hydrogens is 253 g/mol. The van der Waals surface area contributed by atoms with E-state index in [1.165, 1.54) is 11.6 Å². The summed E-state index contributed by atoms with van der Waals surface area (Å²) in [6.45, 7) is 6.03. The second-order valence-corrected chi connectivity index (χ2v) is 5.34. The fourth-order valence-corrected chi connectivity index (χ4v) is 2.61. The van der Waals surface area contributed by atoms with Gasteiger partial charge in [0.05, 0.1) is 5.69 Å². The maximum atomic E-state index is 14.1. The zero-order valence-corrected chi connectivity index (χ0v) is 12.8. The number of aryl methyl sites for hydroxylation is 3. The van der Waals surface area contributed by atoms with E-state index in [9.17, 15) is 4.39 Å². The van der Waals surface area contributed by atoms with E-state index in [1.54, 1.807) is 6.07 Å². The minimum atomic E-state index is -0.158. The molecule has 1 aromatic carbocycles. The topological polar surface area (TPSA) is 29.9 Å². The van der Waals surface area contributed by atoms with Crippen LogP contribution in [-0.2, 0) is 13.5 Å². The Labute approximate surface area is 119 Å². The SMILES string of the molecule is CNC(Cc1c(C)nn(C)c1C)c1cc(C)ccc1F. The van der Waals surface area contributed by atoms with E-state index in [4.69, 9.17) is 0 Å². The lowest BCUT2D eigenvalue weighted by Gasteiger charge is -2.18. The van der Waals surface area contributed by atoms with Crippen LogP contribution in [0, 0.1) is 26.6 Å². The quantitative estimate of drug-likeness (QED) is 0.929. The Kier molecular flexibility index (Phi) is 4.23. The van der Waals surface area contributed by atoms with Gasteiger partial charge in [-0.05, 0) is 45.9 Å². The molecule has 108 valence electrons. The minimum Gasteiger partial charge on any atom is -0.313 e. The van der Waals surface area contributed by atoms with Crippen LogP contribution in [0.3, 0.4) is 0 Å². The lowest BCUT2D eigenvalue weighted by Crippen LogP contribution is -2.21. The van der Waals surface area contributed by atoms with E-state index in [-0.39, 0.29) is 11.9 Å². The molecule has 1 heterocycles. The molecule has 0 aliphatic rings. The van der Waals surface area contributed by atoms with Crippen molar-refractivity contribution in [3.8, 4) is 0 Å². The van der Waals surface area contributed by atoms with Gasteiger partial charge in [-0.25, -0.2) is 4.39 Å². The smallest absolute Gasteiger partial charge is 0.128 e. The first-order valence-electron chi connectivity index (χ1n) is 6.86. The molecule has 1 N–H and O–H groups in total. The van der Waals surface area contributed by atoms with Gasteiger partial charge in [-0.1, -0.05) is 17.7 Å². The number of hydrogen-bond acceptors (Lipinski definition) is 2. The van der Waals surface area contributed by atoms with Crippen molar-refractivity contribution < 1.29 is 4.39 Å². The number of halogens is 1. The highest BCUT2D eigenvalue weighted by Gasteiger charge is 2.19. The molecule has 0 fully saturated rings. The highest BCUT2D eigenvalue weighted by molar-refractivity contribution is 5.31. The number of aromatic nitrogens is 2. The highest BCUT2D eigenvalue weighted by atomic mass is 19.1. The molecule has 0 amide bonds.